The van der Waals surface area contributed by atoms with Crippen LogP contribution < -0.4 is 0 Å². The Kier molecular flexibility index (Phi) is 7.77. The lowest BCUT2D eigenvalue weighted by atomic mass is 9.83. The van der Waals surface area contributed by atoms with Crippen LogP contribution >= 0.6 is 22.7 Å². The molecule has 0 saturated heterocycles. The van der Waals surface area contributed by atoms with Gasteiger partial charge in [-0.05, 0) is 68.1 Å². The predicted octanol–water partition coefficient (Wildman–Crippen LogP) is 16.3. The molecule has 0 spiro atoms. The molecule has 0 amide bonds. The van der Waals surface area contributed by atoms with E-state index in [9.17, 15) is 0 Å². The molecule has 0 atom stereocenters. The van der Waals surface area contributed by atoms with Gasteiger partial charge in [-0.1, -0.05) is 157 Å². The first-order valence-electron chi connectivity index (χ1n) is 20.1. The van der Waals surface area contributed by atoms with Gasteiger partial charge in [-0.2, -0.15) is 0 Å². The lowest BCUT2D eigenvalue weighted by Gasteiger charge is -2.22. The third kappa shape index (κ3) is 5.50. The van der Waals surface area contributed by atoms with E-state index in [4.69, 9.17) is 9.97 Å². The Labute approximate surface area is 346 Å². The molecule has 0 fully saturated rings. The monoisotopic (exact) mass is 782 g/mol. The molecule has 2 nitrogen and oxygen atoms in total. The van der Waals surface area contributed by atoms with Crippen LogP contribution in [0.3, 0.4) is 0 Å². The van der Waals surface area contributed by atoms with Gasteiger partial charge in [-0.15, -0.1) is 22.7 Å². The second-order valence-electron chi connectivity index (χ2n) is 17.8. The molecule has 3 heterocycles. The summed E-state index contributed by atoms with van der Waals surface area (Å²) in [5, 5.41) is 10.0. The van der Waals surface area contributed by atoms with Gasteiger partial charge in [-0.3, -0.25) is 4.98 Å². The smallest absolute Gasteiger partial charge is 0.0979 e. The van der Waals surface area contributed by atoms with E-state index in [1.807, 2.05) is 28.9 Å². The molecule has 0 aliphatic heterocycles. The van der Waals surface area contributed by atoms with Crippen LogP contribution in [0.5, 0.6) is 0 Å². The maximum atomic E-state index is 5.50. The summed E-state index contributed by atoms with van der Waals surface area (Å²) in [5.74, 6) is 0. The van der Waals surface area contributed by atoms with Gasteiger partial charge in [0.2, 0.25) is 0 Å². The van der Waals surface area contributed by atoms with Crippen molar-refractivity contribution in [1.82, 2.24) is 9.97 Å². The fourth-order valence-corrected chi connectivity index (χ4v) is 11.5. The van der Waals surface area contributed by atoms with Gasteiger partial charge in [0.15, 0.2) is 0 Å². The van der Waals surface area contributed by atoms with Crippen molar-refractivity contribution in [3.05, 3.63) is 157 Å². The first kappa shape index (κ1) is 35.2. The minimum atomic E-state index is 0.00521. The largest absolute Gasteiger partial charge is 0.252 e. The zero-order valence-electron chi connectivity index (χ0n) is 33.6. The second kappa shape index (κ2) is 12.8. The van der Waals surface area contributed by atoms with Crippen molar-refractivity contribution in [2.45, 2.75) is 52.4 Å². The zero-order chi connectivity index (χ0) is 39.5. The molecule has 8 aromatic carbocycles. The molecule has 58 heavy (non-hydrogen) atoms. The molecule has 0 unspecified atom stereocenters. The highest BCUT2D eigenvalue weighted by atomic mass is 32.1. The van der Waals surface area contributed by atoms with E-state index >= 15 is 0 Å². The average Bonchev–Trinajstić information content (AvgIpc) is 3.82. The summed E-state index contributed by atoms with van der Waals surface area (Å²) in [6.07, 6.45) is 1.98. The van der Waals surface area contributed by atoms with Crippen molar-refractivity contribution in [3.63, 3.8) is 0 Å². The van der Waals surface area contributed by atoms with Crippen LogP contribution in [0.4, 0.5) is 0 Å². The lowest BCUT2D eigenvalue weighted by molar-refractivity contribution is 0.591. The van der Waals surface area contributed by atoms with E-state index in [0.29, 0.717) is 0 Å². The number of benzene rings is 8. The Morgan fingerprint density at radius 1 is 0.397 bits per heavy atom. The Morgan fingerprint density at radius 2 is 0.914 bits per heavy atom. The summed E-state index contributed by atoms with van der Waals surface area (Å²) < 4.78 is 5.31. The van der Waals surface area contributed by atoms with Gasteiger partial charge in [-0.25, -0.2) is 4.98 Å². The molecule has 280 valence electrons. The lowest BCUT2D eigenvalue weighted by Crippen LogP contribution is -2.11. The first-order chi connectivity index (χ1) is 28.0. The molecule has 4 heteroatoms. The number of thiophene rings is 2. The summed E-state index contributed by atoms with van der Waals surface area (Å²) in [6, 6.07) is 51.9. The standard InChI is InChI=1S/C54H42N2S2/c1-53(2,3)33-23-25-36-37-26-24-34(54(4,5)6)29-45(37)49-48(44(36)28-33)55-30-46(56-49)32-14-9-13-31(27-32)35-16-10-18-40-42-20-12-21-43(52(42)58-50(35)40)41-19-11-17-39-38-15-7-8-22-47(38)57-51(39)41/h7-30H,1-6H3. The molecule has 0 bridgehead atoms. The number of aromatic nitrogens is 2. The van der Waals surface area contributed by atoms with Gasteiger partial charge in [0.25, 0.3) is 0 Å². The van der Waals surface area contributed by atoms with Gasteiger partial charge < -0.3 is 0 Å². The second-order valence-corrected chi connectivity index (χ2v) is 19.9. The molecule has 0 aliphatic carbocycles. The van der Waals surface area contributed by atoms with E-state index in [1.54, 1.807) is 0 Å². The third-order valence-corrected chi connectivity index (χ3v) is 14.5. The molecule has 11 rings (SSSR count). The van der Waals surface area contributed by atoms with Crippen LogP contribution in [0.15, 0.2) is 146 Å². The van der Waals surface area contributed by atoms with E-state index in [1.165, 1.54) is 84.5 Å². The molecular weight excluding hydrogens is 741 g/mol. The van der Waals surface area contributed by atoms with E-state index in [-0.39, 0.29) is 10.8 Å². The van der Waals surface area contributed by atoms with Crippen LogP contribution in [0, 0.1) is 0 Å². The van der Waals surface area contributed by atoms with Crippen LogP contribution in [0.1, 0.15) is 52.7 Å². The van der Waals surface area contributed by atoms with Gasteiger partial charge >= 0.3 is 0 Å². The molecule has 0 saturated carbocycles. The van der Waals surface area contributed by atoms with Gasteiger partial charge in [0, 0.05) is 67.8 Å². The minimum Gasteiger partial charge on any atom is -0.252 e. The Balaban J connectivity index is 1.08. The topological polar surface area (TPSA) is 25.8 Å². The third-order valence-electron chi connectivity index (χ3n) is 12.0. The van der Waals surface area contributed by atoms with Crippen molar-refractivity contribution in [2.75, 3.05) is 0 Å². The van der Waals surface area contributed by atoms with Crippen LogP contribution in [-0.2, 0) is 10.8 Å². The fourth-order valence-electron chi connectivity index (χ4n) is 8.86. The SMILES string of the molecule is CC(C)(C)c1ccc2c3ccc(C(C)(C)C)cc3c3nc(-c4cccc(-c5cccc6c5sc5c(-c7cccc8c7sc7ccccc78)cccc56)c4)cnc3c2c1. The molecule has 0 N–H and O–H groups in total. The van der Waals surface area contributed by atoms with Crippen LogP contribution in [0.2, 0.25) is 0 Å². The highest BCUT2D eigenvalue weighted by Gasteiger charge is 2.21. The van der Waals surface area contributed by atoms with E-state index in [2.05, 4.69) is 181 Å². The number of fused-ring (bicyclic) bond motifs is 12. The van der Waals surface area contributed by atoms with Gasteiger partial charge in [0.1, 0.15) is 0 Å². The Bertz CT molecular complexity index is 3480. The molecule has 0 aliphatic rings. The normalized spacial score (nSPS) is 12.7. The predicted molar refractivity (Wildman–Crippen MR) is 254 cm³/mol. The van der Waals surface area contributed by atoms with Crippen LogP contribution in [0.25, 0.3) is 106 Å². The summed E-state index contributed by atoms with van der Waals surface area (Å²) in [5.41, 5.74) is 11.5. The highest BCUT2D eigenvalue weighted by molar-refractivity contribution is 7.27. The summed E-state index contributed by atoms with van der Waals surface area (Å²) in [4.78, 5) is 10.7. The summed E-state index contributed by atoms with van der Waals surface area (Å²) in [7, 11) is 0. The highest BCUT2D eigenvalue weighted by Crippen LogP contribution is 2.47. The average molecular weight is 783 g/mol. The van der Waals surface area contributed by atoms with Crippen molar-refractivity contribution in [1.29, 1.82) is 0 Å². The molecule has 11 aromatic rings. The number of nitrogens with zero attached hydrogens (tertiary/aromatic N) is 2. The zero-order valence-corrected chi connectivity index (χ0v) is 35.2. The summed E-state index contributed by atoms with van der Waals surface area (Å²) in [6.45, 7) is 13.6. The number of hydrogen-bond donors (Lipinski definition) is 0. The Hall–Kier alpha value is -5.94. The summed E-state index contributed by atoms with van der Waals surface area (Å²) >= 11 is 3.80. The van der Waals surface area contributed by atoms with Crippen LogP contribution in [-0.4, -0.2) is 9.97 Å². The van der Waals surface area contributed by atoms with Crippen molar-refractivity contribution in [2.24, 2.45) is 0 Å². The van der Waals surface area contributed by atoms with E-state index < -0.39 is 0 Å². The van der Waals surface area contributed by atoms with Gasteiger partial charge in [0.05, 0.1) is 22.9 Å². The van der Waals surface area contributed by atoms with Crippen molar-refractivity contribution >= 4 is 95.6 Å². The first-order valence-corrected chi connectivity index (χ1v) is 21.8. The minimum absolute atomic E-state index is 0.00521. The van der Waals surface area contributed by atoms with Crippen molar-refractivity contribution < 1.29 is 0 Å². The molecular formula is C54H42N2S2. The maximum absolute atomic E-state index is 5.50. The Morgan fingerprint density at radius 3 is 1.57 bits per heavy atom. The number of hydrogen-bond acceptors (Lipinski definition) is 4. The van der Waals surface area contributed by atoms with Crippen molar-refractivity contribution in [3.8, 4) is 33.5 Å². The molecule has 3 aromatic heterocycles. The fraction of sp³-hybridized carbons (Fsp3) is 0.148. The molecule has 0 radical (unpaired) electrons. The van der Waals surface area contributed by atoms with E-state index in [0.717, 1.165) is 33.1 Å². The number of rotatable bonds is 3. The quantitative estimate of drug-likeness (QED) is 0.167. The maximum Gasteiger partial charge on any atom is 0.0979 e.